The van der Waals surface area contributed by atoms with Crippen molar-refractivity contribution < 1.29 is 90.3 Å². The van der Waals surface area contributed by atoms with E-state index >= 15 is 0 Å². The van der Waals surface area contributed by atoms with Crippen molar-refractivity contribution in [3.05, 3.63) is 0 Å². The third-order valence-electron chi connectivity index (χ3n) is 5.87. The molecule has 23 heteroatoms. The molecule has 0 aliphatic carbocycles. The van der Waals surface area contributed by atoms with Crippen LogP contribution in [0.2, 0.25) is 0 Å². The number of hydrogen-bond donors (Lipinski definition) is 4. The highest BCUT2D eigenvalue weighted by atomic mass is 32.3. The average Bonchev–Trinajstić information content (AvgIpc) is 2.82. The fourth-order valence-electron chi connectivity index (χ4n) is 4.37. The van der Waals surface area contributed by atoms with Crippen LogP contribution in [0.25, 0.3) is 0 Å². The van der Waals surface area contributed by atoms with Crippen molar-refractivity contribution in [2.45, 2.75) is 55.3 Å². The number of hydrogen-bond acceptors (Lipinski definition) is 16. The Labute approximate surface area is 229 Å². The molecular formula is C17H30O20S3. The molecule has 0 aromatic carbocycles. The van der Waals surface area contributed by atoms with E-state index in [9.17, 15) is 44.3 Å². The third-order valence-corrected chi connectivity index (χ3v) is 7.57. The molecule has 0 spiro atoms. The summed E-state index contributed by atoms with van der Waals surface area (Å²) < 4.78 is 144. The van der Waals surface area contributed by atoms with Gasteiger partial charge in [0, 0.05) is 28.4 Å². The average molecular weight is 651 g/mol. The van der Waals surface area contributed by atoms with Gasteiger partial charge < -0.3 is 38.3 Å². The fraction of sp³-hybridized carbons (Fsp3) is 0.941. The van der Waals surface area contributed by atoms with E-state index in [1.807, 2.05) is 0 Å². The minimum absolute atomic E-state index is 0.963. The zero-order valence-electron chi connectivity index (χ0n) is 21.2. The Kier molecular flexibility index (Phi) is 12.2. The first-order valence-electron chi connectivity index (χ1n) is 10.9. The number of carboxylic acid groups (broad SMARTS) is 1. The Hall–Kier alpha value is -1.16. The van der Waals surface area contributed by atoms with E-state index in [2.05, 4.69) is 8.37 Å². The van der Waals surface area contributed by atoms with Crippen LogP contribution in [0.15, 0.2) is 0 Å². The molecule has 40 heavy (non-hydrogen) atoms. The van der Waals surface area contributed by atoms with E-state index in [1.165, 1.54) is 7.11 Å². The molecule has 0 aromatic heterocycles. The van der Waals surface area contributed by atoms with Crippen LogP contribution in [0.4, 0.5) is 0 Å². The van der Waals surface area contributed by atoms with Gasteiger partial charge in [0.15, 0.2) is 18.7 Å². The van der Waals surface area contributed by atoms with Gasteiger partial charge >= 0.3 is 26.8 Å². The predicted octanol–water partition coefficient (Wildman–Crippen LogP) is -2.89. The maximum atomic E-state index is 11.9. The van der Waals surface area contributed by atoms with E-state index in [0.29, 0.717) is 0 Å². The lowest BCUT2D eigenvalue weighted by Gasteiger charge is -2.48. The van der Waals surface area contributed by atoms with Crippen molar-refractivity contribution in [2.75, 3.05) is 40.8 Å². The minimum Gasteiger partial charge on any atom is -0.479 e. The summed E-state index contributed by atoms with van der Waals surface area (Å²) in [6.45, 7) is -1.14. The van der Waals surface area contributed by atoms with Crippen molar-refractivity contribution in [1.29, 1.82) is 0 Å². The monoisotopic (exact) mass is 650 g/mol. The fourth-order valence-corrected chi connectivity index (χ4v) is 6.05. The summed E-state index contributed by atoms with van der Waals surface area (Å²) >= 11 is 0. The van der Waals surface area contributed by atoms with Gasteiger partial charge in [-0.2, -0.15) is 25.3 Å². The smallest absolute Gasteiger partial charge is 0.397 e. The zero-order chi connectivity index (χ0) is 30.6. The second kappa shape index (κ2) is 13.9. The lowest BCUT2D eigenvalue weighted by atomic mass is 9.91. The van der Waals surface area contributed by atoms with Crippen LogP contribution in [-0.2, 0) is 77.2 Å². The molecule has 2 fully saturated rings. The summed E-state index contributed by atoms with van der Waals surface area (Å²) in [7, 11) is -11.1. The van der Waals surface area contributed by atoms with Crippen LogP contribution < -0.4 is 0 Å². The first-order valence-corrected chi connectivity index (χ1v) is 15.2. The Morgan fingerprint density at radius 1 is 0.725 bits per heavy atom. The van der Waals surface area contributed by atoms with Crippen molar-refractivity contribution in [3.8, 4) is 0 Å². The van der Waals surface area contributed by atoms with E-state index in [0.717, 1.165) is 21.3 Å². The van der Waals surface area contributed by atoms with E-state index < -0.39 is 110 Å². The Morgan fingerprint density at radius 3 is 1.73 bits per heavy atom. The van der Waals surface area contributed by atoms with Gasteiger partial charge in [0.1, 0.15) is 36.6 Å². The van der Waals surface area contributed by atoms with Gasteiger partial charge in [-0.15, -0.1) is 0 Å². The number of rotatable bonds is 14. The molecule has 20 nitrogen and oxygen atoms in total. The number of carbonyl (C=O) groups is 1. The van der Waals surface area contributed by atoms with Crippen molar-refractivity contribution in [1.82, 2.24) is 0 Å². The highest BCUT2D eigenvalue weighted by Gasteiger charge is 2.56. The zero-order valence-corrected chi connectivity index (χ0v) is 23.7. The molecule has 4 N–H and O–H groups in total. The summed E-state index contributed by atoms with van der Waals surface area (Å²) in [4.78, 5) is 11.9. The van der Waals surface area contributed by atoms with Gasteiger partial charge in [-0.25, -0.2) is 13.2 Å². The maximum absolute atomic E-state index is 11.9. The van der Waals surface area contributed by atoms with Crippen LogP contribution in [0, 0.1) is 5.92 Å². The molecule has 2 aliphatic rings. The van der Waals surface area contributed by atoms with E-state index in [1.54, 1.807) is 0 Å². The van der Waals surface area contributed by atoms with Crippen molar-refractivity contribution in [2.24, 2.45) is 5.92 Å². The molecule has 0 radical (unpaired) electrons. The first kappa shape index (κ1) is 35.0. The standard InChI is InChI=1S/C17H30O20S3/c1-29-11-12(30-2)14(31-3)17(36-13(11)15(18)19)35-10-8(5-33-39(23,24)25)34-16(32-4)7(6-38(20,21)22)9(10)37-40(26,27)28/h7-14,16-17H,5-6H2,1-4H3,(H,18,19)(H,20,21,22)(H,23,24,25)(H,26,27,28)/t7-,8-,9-,10-,11+,12+,13+,14-,16+,17-/m1/s1. The molecule has 2 aliphatic heterocycles. The quantitative estimate of drug-likeness (QED) is 0.137. The molecule has 0 amide bonds. The van der Waals surface area contributed by atoms with Crippen molar-refractivity contribution >= 4 is 36.9 Å². The molecule has 0 bridgehead atoms. The Balaban J connectivity index is 2.64. The van der Waals surface area contributed by atoms with E-state index in [4.69, 9.17) is 37.7 Å². The lowest BCUT2D eigenvalue weighted by Crippen LogP contribution is -2.66. The van der Waals surface area contributed by atoms with Crippen LogP contribution in [0.5, 0.6) is 0 Å². The Morgan fingerprint density at radius 2 is 1.30 bits per heavy atom. The van der Waals surface area contributed by atoms with Gasteiger partial charge in [0.25, 0.3) is 10.1 Å². The highest BCUT2D eigenvalue weighted by Crippen LogP contribution is 2.36. The van der Waals surface area contributed by atoms with Gasteiger partial charge in [0.2, 0.25) is 0 Å². The molecule has 0 saturated carbocycles. The minimum atomic E-state index is -5.44. The number of aliphatic carboxylic acids is 1. The molecule has 236 valence electrons. The summed E-state index contributed by atoms with van der Waals surface area (Å²) in [6.07, 6.45) is -15.2. The predicted molar refractivity (Wildman–Crippen MR) is 123 cm³/mol. The van der Waals surface area contributed by atoms with Gasteiger partial charge in [-0.3, -0.25) is 13.7 Å². The van der Waals surface area contributed by atoms with Crippen LogP contribution in [-0.4, -0.2) is 146 Å². The number of ether oxygens (including phenoxy) is 7. The molecular weight excluding hydrogens is 620 g/mol. The van der Waals surface area contributed by atoms with Crippen LogP contribution in [0.3, 0.4) is 0 Å². The van der Waals surface area contributed by atoms with Gasteiger partial charge in [-0.1, -0.05) is 0 Å². The summed E-state index contributed by atoms with van der Waals surface area (Å²) in [6, 6.07) is 0. The Bertz CT molecular complexity index is 1170. The van der Waals surface area contributed by atoms with Gasteiger partial charge in [-0.05, 0) is 0 Å². The maximum Gasteiger partial charge on any atom is 0.397 e. The van der Waals surface area contributed by atoms with Crippen LogP contribution >= 0.6 is 0 Å². The summed E-state index contributed by atoms with van der Waals surface area (Å²) in [5.41, 5.74) is 0. The molecule has 0 aromatic rings. The summed E-state index contributed by atoms with van der Waals surface area (Å²) in [5, 5.41) is 9.66. The molecule has 2 saturated heterocycles. The third kappa shape index (κ3) is 9.43. The topological polar surface area (TPSA) is 283 Å². The second-order valence-corrected chi connectivity index (χ2v) is 12.0. The normalized spacial score (nSPS) is 35.9. The molecule has 10 atom stereocenters. The lowest BCUT2D eigenvalue weighted by molar-refractivity contribution is -0.349. The second-order valence-electron chi connectivity index (χ2n) is 8.36. The highest BCUT2D eigenvalue weighted by molar-refractivity contribution is 7.85. The van der Waals surface area contributed by atoms with E-state index in [-0.39, 0.29) is 0 Å². The molecule has 0 unspecified atom stereocenters. The molecule has 2 heterocycles. The number of carboxylic acids is 1. The number of methoxy groups -OCH3 is 4. The first-order chi connectivity index (χ1) is 18.4. The summed E-state index contributed by atoms with van der Waals surface area (Å²) in [5.74, 6) is -4.67. The molecule has 2 rings (SSSR count). The van der Waals surface area contributed by atoms with Gasteiger partial charge in [0.05, 0.1) is 18.3 Å². The largest absolute Gasteiger partial charge is 0.479 e. The van der Waals surface area contributed by atoms with Crippen molar-refractivity contribution in [3.63, 3.8) is 0 Å². The van der Waals surface area contributed by atoms with Crippen LogP contribution in [0.1, 0.15) is 0 Å². The SMILES string of the molecule is CO[C@H]1O[C@H](COS(=O)(=O)O)[C@@H](O[C@@H]2O[C@H](C(=O)O)[C@@H](OC)[C@H](OC)[C@H]2OC)[C@H](OS(=O)(=O)O)[C@H]1CS(=O)(=O)O.